The van der Waals surface area contributed by atoms with E-state index >= 15 is 0 Å². The average molecular weight is 414 g/mol. The monoisotopic (exact) mass is 414 g/mol. The molecule has 1 fully saturated rings. The fraction of sp³-hybridized carbons (Fsp3) is 0.929. The predicted octanol–water partition coefficient (Wildman–Crippen LogP) is 0.918. The summed E-state index contributed by atoms with van der Waals surface area (Å²) in [5.74, 6) is 0.900. The molecule has 0 unspecified atom stereocenters. The van der Waals surface area contributed by atoms with Gasteiger partial charge in [0, 0.05) is 52.5 Å². The van der Waals surface area contributed by atoms with Gasteiger partial charge >= 0.3 is 0 Å². The average Bonchev–Trinajstić information content (AvgIpc) is 2.48. The molecule has 0 spiro atoms. The third-order valence-corrected chi connectivity index (χ3v) is 3.09. The molecule has 0 atom stereocenters. The summed E-state index contributed by atoms with van der Waals surface area (Å²) in [6.45, 7) is 13.1. The minimum absolute atomic E-state index is 0. The first-order valence-electron chi connectivity index (χ1n) is 7.76. The van der Waals surface area contributed by atoms with E-state index in [9.17, 15) is 0 Å². The van der Waals surface area contributed by atoms with Crippen molar-refractivity contribution in [2.75, 3.05) is 65.7 Å². The van der Waals surface area contributed by atoms with E-state index in [-0.39, 0.29) is 24.0 Å². The Labute approximate surface area is 146 Å². The normalized spacial score (nSPS) is 16.4. The molecule has 7 heteroatoms. The second-order valence-electron chi connectivity index (χ2n) is 4.69. The van der Waals surface area contributed by atoms with Gasteiger partial charge in [-0.1, -0.05) is 0 Å². The molecule has 0 aromatic rings. The first kappa shape index (κ1) is 20.9. The number of hydrogen-bond donors (Lipinski definition) is 2. The molecule has 6 nitrogen and oxygen atoms in total. The first-order valence-corrected chi connectivity index (χ1v) is 7.76. The van der Waals surface area contributed by atoms with Crippen LogP contribution in [0.2, 0.25) is 0 Å². The van der Waals surface area contributed by atoms with Gasteiger partial charge in [-0.3, -0.25) is 9.89 Å². The molecule has 0 radical (unpaired) electrons. The van der Waals surface area contributed by atoms with Crippen molar-refractivity contribution in [3.05, 3.63) is 0 Å². The topological polar surface area (TPSA) is 58.1 Å². The molecule has 0 bridgehead atoms. The number of hydrogen-bond acceptors (Lipinski definition) is 4. The number of rotatable bonds is 9. The summed E-state index contributed by atoms with van der Waals surface area (Å²) in [7, 11) is 0. The van der Waals surface area contributed by atoms with E-state index in [4.69, 9.17) is 9.47 Å². The standard InChI is InChI=1S/C14H30N4O2.HI/c1-3-15-14(16-6-5-11-19-4-2)17-7-8-18-9-12-20-13-10-18;/h3-13H2,1-2H3,(H2,15,16,17);1H. The largest absolute Gasteiger partial charge is 0.382 e. The lowest BCUT2D eigenvalue weighted by atomic mass is 10.4. The van der Waals surface area contributed by atoms with Crippen LogP contribution in [0, 0.1) is 0 Å². The first-order chi connectivity index (χ1) is 9.86. The van der Waals surface area contributed by atoms with Crippen LogP contribution in [0.1, 0.15) is 20.3 Å². The molecule has 1 saturated heterocycles. The SMILES string of the molecule is CCNC(=NCCCOCC)NCCN1CCOCC1.I. The van der Waals surface area contributed by atoms with Crippen molar-refractivity contribution in [1.82, 2.24) is 15.5 Å². The molecule has 2 N–H and O–H groups in total. The highest BCUT2D eigenvalue weighted by Gasteiger charge is 2.09. The van der Waals surface area contributed by atoms with Crippen molar-refractivity contribution >= 4 is 29.9 Å². The van der Waals surface area contributed by atoms with Crippen LogP contribution in [0.25, 0.3) is 0 Å². The Balaban J connectivity index is 0.00000400. The van der Waals surface area contributed by atoms with E-state index < -0.39 is 0 Å². The molecule has 0 saturated carbocycles. The summed E-state index contributed by atoms with van der Waals surface area (Å²) in [4.78, 5) is 6.95. The third-order valence-electron chi connectivity index (χ3n) is 3.09. The Kier molecular flexibility index (Phi) is 14.7. The number of ether oxygens (including phenoxy) is 2. The molecule has 1 aliphatic heterocycles. The summed E-state index contributed by atoms with van der Waals surface area (Å²) in [6, 6.07) is 0. The molecule has 0 amide bonds. The van der Waals surface area contributed by atoms with Gasteiger partial charge in [-0.2, -0.15) is 0 Å². The van der Waals surface area contributed by atoms with E-state index in [0.29, 0.717) is 0 Å². The minimum Gasteiger partial charge on any atom is -0.382 e. The summed E-state index contributed by atoms with van der Waals surface area (Å²) in [6.07, 6.45) is 0.966. The number of aliphatic imine (C=N–C) groups is 1. The number of nitrogens with one attached hydrogen (secondary N) is 2. The van der Waals surface area contributed by atoms with Crippen molar-refractivity contribution in [1.29, 1.82) is 0 Å². The van der Waals surface area contributed by atoms with Gasteiger partial charge in [-0.05, 0) is 20.3 Å². The maximum Gasteiger partial charge on any atom is 0.191 e. The maximum absolute atomic E-state index is 5.34. The van der Waals surface area contributed by atoms with Crippen molar-refractivity contribution in [3.8, 4) is 0 Å². The molecule has 1 rings (SSSR count). The molecule has 1 heterocycles. The van der Waals surface area contributed by atoms with Crippen LogP contribution in [0.15, 0.2) is 4.99 Å². The van der Waals surface area contributed by atoms with E-state index in [1.165, 1.54) is 0 Å². The number of morpholine rings is 1. The molecule has 0 aromatic heterocycles. The van der Waals surface area contributed by atoms with Crippen molar-refractivity contribution in [3.63, 3.8) is 0 Å². The van der Waals surface area contributed by atoms with Gasteiger partial charge < -0.3 is 20.1 Å². The Hall–Kier alpha value is -0.120. The number of guanidine groups is 1. The quantitative estimate of drug-likeness (QED) is 0.254. The fourth-order valence-corrected chi connectivity index (χ4v) is 2.00. The van der Waals surface area contributed by atoms with Crippen LogP contribution in [0.4, 0.5) is 0 Å². The maximum atomic E-state index is 5.34. The van der Waals surface area contributed by atoms with Crippen molar-refractivity contribution in [2.24, 2.45) is 4.99 Å². The van der Waals surface area contributed by atoms with Gasteiger partial charge in [0.05, 0.1) is 13.2 Å². The van der Waals surface area contributed by atoms with Crippen molar-refractivity contribution in [2.45, 2.75) is 20.3 Å². The Morgan fingerprint density at radius 2 is 2.00 bits per heavy atom. The Bertz CT molecular complexity index is 261. The van der Waals surface area contributed by atoms with Gasteiger partial charge in [-0.25, -0.2) is 0 Å². The van der Waals surface area contributed by atoms with E-state index in [0.717, 1.165) is 78.1 Å². The number of halogens is 1. The van der Waals surface area contributed by atoms with Crippen LogP contribution in [0.5, 0.6) is 0 Å². The Morgan fingerprint density at radius 3 is 2.67 bits per heavy atom. The summed E-state index contributed by atoms with van der Waals surface area (Å²) >= 11 is 0. The zero-order chi connectivity index (χ0) is 14.5. The Morgan fingerprint density at radius 1 is 1.24 bits per heavy atom. The van der Waals surface area contributed by atoms with E-state index in [1.807, 2.05) is 6.92 Å². The van der Waals surface area contributed by atoms with Crippen LogP contribution in [-0.4, -0.2) is 76.6 Å². The van der Waals surface area contributed by atoms with Gasteiger partial charge in [0.1, 0.15) is 0 Å². The molecule has 0 aromatic carbocycles. The lowest BCUT2D eigenvalue weighted by Gasteiger charge is -2.26. The highest BCUT2D eigenvalue weighted by atomic mass is 127. The lowest BCUT2D eigenvalue weighted by molar-refractivity contribution is 0.0389. The summed E-state index contributed by atoms with van der Waals surface area (Å²) in [5.41, 5.74) is 0. The van der Waals surface area contributed by atoms with Gasteiger partial charge in [0.15, 0.2) is 5.96 Å². The zero-order valence-corrected chi connectivity index (χ0v) is 15.7. The molecule has 0 aliphatic carbocycles. The van der Waals surface area contributed by atoms with Crippen LogP contribution >= 0.6 is 24.0 Å². The van der Waals surface area contributed by atoms with Crippen molar-refractivity contribution < 1.29 is 9.47 Å². The number of nitrogens with zero attached hydrogens (tertiary/aromatic N) is 2. The van der Waals surface area contributed by atoms with E-state index in [1.54, 1.807) is 0 Å². The van der Waals surface area contributed by atoms with Crippen LogP contribution < -0.4 is 10.6 Å². The molecular formula is C14H31IN4O2. The molecule has 126 valence electrons. The van der Waals surface area contributed by atoms with Crippen LogP contribution in [-0.2, 0) is 9.47 Å². The highest BCUT2D eigenvalue weighted by Crippen LogP contribution is 1.94. The van der Waals surface area contributed by atoms with Gasteiger partial charge in [-0.15, -0.1) is 24.0 Å². The molecular weight excluding hydrogens is 383 g/mol. The van der Waals surface area contributed by atoms with Crippen LogP contribution in [0.3, 0.4) is 0 Å². The smallest absolute Gasteiger partial charge is 0.191 e. The predicted molar refractivity (Wildman–Crippen MR) is 97.8 cm³/mol. The molecule has 21 heavy (non-hydrogen) atoms. The lowest BCUT2D eigenvalue weighted by Crippen LogP contribution is -2.44. The molecule has 1 aliphatic rings. The van der Waals surface area contributed by atoms with Gasteiger partial charge in [0.25, 0.3) is 0 Å². The zero-order valence-electron chi connectivity index (χ0n) is 13.4. The highest BCUT2D eigenvalue weighted by molar-refractivity contribution is 14.0. The van der Waals surface area contributed by atoms with E-state index in [2.05, 4.69) is 27.4 Å². The second kappa shape index (κ2) is 14.8. The van der Waals surface area contributed by atoms with Gasteiger partial charge in [0.2, 0.25) is 0 Å². The second-order valence-corrected chi connectivity index (χ2v) is 4.69. The fourth-order valence-electron chi connectivity index (χ4n) is 2.00. The summed E-state index contributed by atoms with van der Waals surface area (Å²) < 4.78 is 10.6. The minimum atomic E-state index is 0. The summed E-state index contributed by atoms with van der Waals surface area (Å²) in [5, 5.41) is 6.64. The third kappa shape index (κ3) is 11.1.